The fourth-order valence-electron chi connectivity index (χ4n) is 4.18. The lowest BCUT2D eigenvalue weighted by atomic mass is 9.77. The molecule has 4 rings (SSSR count). The molecule has 0 atom stereocenters. The molecule has 28 heavy (non-hydrogen) atoms. The van der Waals surface area contributed by atoms with Crippen LogP contribution in [-0.2, 0) is 9.59 Å². The van der Waals surface area contributed by atoms with E-state index >= 15 is 0 Å². The van der Waals surface area contributed by atoms with Crippen molar-refractivity contribution in [1.82, 2.24) is 10.2 Å². The number of fused-ring (bicyclic) bond motifs is 1. The van der Waals surface area contributed by atoms with Gasteiger partial charge in [-0.15, -0.1) is 0 Å². The quantitative estimate of drug-likeness (QED) is 0.832. The molecule has 146 valence electrons. The van der Waals surface area contributed by atoms with Crippen LogP contribution >= 0.6 is 0 Å². The molecule has 2 fully saturated rings. The number of carbonyl (C=O) groups excluding carboxylic acids is 3. The third-order valence-electron chi connectivity index (χ3n) is 6.16. The zero-order chi connectivity index (χ0) is 19.9. The van der Waals surface area contributed by atoms with Crippen molar-refractivity contribution in [3.8, 4) is 0 Å². The van der Waals surface area contributed by atoms with Gasteiger partial charge in [0, 0.05) is 12.7 Å². The molecule has 1 spiro atoms. The van der Waals surface area contributed by atoms with E-state index in [9.17, 15) is 14.4 Å². The second kappa shape index (κ2) is 6.93. The van der Waals surface area contributed by atoms with Gasteiger partial charge in [0.15, 0.2) is 0 Å². The maximum Gasteiger partial charge on any atom is 0.325 e. The molecule has 0 aromatic heterocycles. The molecule has 6 heteroatoms. The number of nitrogens with zero attached hydrogens (tertiary/aromatic N) is 2. The predicted octanol–water partition coefficient (Wildman–Crippen LogP) is 3.30. The maximum absolute atomic E-state index is 12.9. The lowest BCUT2D eigenvalue weighted by Gasteiger charge is -2.33. The van der Waals surface area contributed by atoms with Crippen LogP contribution in [0.4, 0.5) is 10.5 Å². The van der Waals surface area contributed by atoms with Crippen molar-refractivity contribution in [1.29, 1.82) is 0 Å². The molecule has 1 saturated carbocycles. The Labute approximate surface area is 164 Å². The van der Waals surface area contributed by atoms with E-state index in [1.807, 2.05) is 42.5 Å². The summed E-state index contributed by atoms with van der Waals surface area (Å²) in [6, 6.07) is 13.2. The molecular formula is C22H25N3O3. The van der Waals surface area contributed by atoms with Crippen LogP contribution in [0.3, 0.4) is 0 Å². The third-order valence-corrected chi connectivity index (χ3v) is 6.16. The number of anilines is 1. The van der Waals surface area contributed by atoms with Crippen molar-refractivity contribution in [2.24, 2.45) is 5.92 Å². The molecule has 1 aliphatic heterocycles. The van der Waals surface area contributed by atoms with Crippen LogP contribution in [0.1, 0.15) is 32.6 Å². The molecule has 6 nitrogen and oxygen atoms in total. The van der Waals surface area contributed by atoms with Crippen molar-refractivity contribution in [2.75, 3.05) is 18.5 Å². The molecule has 1 saturated heterocycles. The van der Waals surface area contributed by atoms with Gasteiger partial charge in [-0.25, -0.2) is 4.79 Å². The lowest BCUT2D eigenvalue weighted by Crippen LogP contribution is -2.50. The van der Waals surface area contributed by atoms with Crippen LogP contribution in [0, 0.1) is 5.92 Å². The number of hydrogen-bond acceptors (Lipinski definition) is 3. The zero-order valence-electron chi connectivity index (χ0n) is 16.3. The first-order chi connectivity index (χ1) is 13.4. The Balaban J connectivity index is 1.49. The van der Waals surface area contributed by atoms with Gasteiger partial charge in [-0.05, 0) is 54.5 Å². The Morgan fingerprint density at radius 2 is 1.82 bits per heavy atom. The lowest BCUT2D eigenvalue weighted by molar-refractivity contribution is -0.135. The molecule has 1 aliphatic carbocycles. The minimum Gasteiger partial charge on any atom is -0.323 e. The van der Waals surface area contributed by atoms with Gasteiger partial charge in [0.05, 0.1) is 0 Å². The maximum atomic E-state index is 12.9. The van der Waals surface area contributed by atoms with E-state index in [2.05, 4.69) is 12.2 Å². The summed E-state index contributed by atoms with van der Waals surface area (Å²) in [5.74, 6) is 0.00900. The Bertz CT molecular complexity index is 947. The van der Waals surface area contributed by atoms with Gasteiger partial charge in [-0.1, -0.05) is 37.3 Å². The first-order valence-electron chi connectivity index (χ1n) is 9.79. The molecule has 4 amide bonds. The average molecular weight is 379 g/mol. The van der Waals surface area contributed by atoms with Crippen LogP contribution < -0.4 is 10.2 Å². The number of hydrogen-bond donors (Lipinski definition) is 1. The minimum atomic E-state index is -0.814. The average Bonchev–Trinajstić information content (AvgIpc) is 2.93. The third kappa shape index (κ3) is 3.13. The van der Waals surface area contributed by atoms with Gasteiger partial charge in [-0.2, -0.15) is 0 Å². The van der Waals surface area contributed by atoms with Crippen LogP contribution in [-0.4, -0.2) is 41.9 Å². The number of likely N-dealkylation sites (N-methyl/N-ethyl adjacent to an activating group) is 1. The molecule has 0 radical (unpaired) electrons. The van der Waals surface area contributed by atoms with Crippen molar-refractivity contribution >= 4 is 34.3 Å². The minimum absolute atomic E-state index is 0.245. The van der Waals surface area contributed by atoms with Crippen LogP contribution in [0.5, 0.6) is 0 Å². The van der Waals surface area contributed by atoms with E-state index in [0.29, 0.717) is 18.8 Å². The van der Waals surface area contributed by atoms with Crippen LogP contribution in [0.25, 0.3) is 10.8 Å². The van der Waals surface area contributed by atoms with E-state index < -0.39 is 11.6 Å². The second-order valence-electron chi connectivity index (χ2n) is 8.07. The van der Waals surface area contributed by atoms with E-state index in [0.717, 1.165) is 34.2 Å². The van der Waals surface area contributed by atoms with Gasteiger partial charge in [0.2, 0.25) is 5.91 Å². The van der Waals surface area contributed by atoms with Gasteiger partial charge >= 0.3 is 6.03 Å². The predicted molar refractivity (Wildman–Crippen MR) is 108 cm³/mol. The molecule has 1 heterocycles. The Kier molecular flexibility index (Phi) is 4.57. The monoisotopic (exact) mass is 379 g/mol. The molecule has 0 unspecified atom stereocenters. The standard InChI is InChI=1S/C22H25N3O3/c1-15-9-11-22(12-10-15)20(27)25(21(28)23-22)14-19(26)24(2)18-8-7-16-5-3-4-6-17(16)13-18/h3-8,13,15H,9-12,14H2,1-2H3,(H,23,28). The summed E-state index contributed by atoms with van der Waals surface area (Å²) in [7, 11) is 1.67. The summed E-state index contributed by atoms with van der Waals surface area (Å²) in [6.07, 6.45) is 3.10. The summed E-state index contributed by atoms with van der Waals surface area (Å²) in [4.78, 5) is 40.8. The molecule has 0 bridgehead atoms. The van der Waals surface area contributed by atoms with Gasteiger partial charge in [0.25, 0.3) is 5.91 Å². The number of imide groups is 1. The van der Waals surface area contributed by atoms with Crippen LogP contribution in [0.15, 0.2) is 42.5 Å². The first-order valence-corrected chi connectivity index (χ1v) is 9.79. The highest BCUT2D eigenvalue weighted by atomic mass is 16.2. The molecule has 2 aromatic carbocycles. The molecule has 2 aromatic rings. The number of carbonyl (C=O) groups is 3. The fraction of sp³-hybridized carbons (Fsp3) is 0.409. The second-order valence-corrected chi connectivity index (χ2v) is 8.07. The largest absolute Gasteiger partial charge is 0.325 e. The Morgan fingerprint density at radius 3 is 2.54 bits per heavy atom. The number of amides is 4. The normalized spacial score (nSPS) is 24.6. The smallest absolute Gasteiger partial charge is 0.323 e. The highest BCUT2D eigenvalue weighted by Gasteiger charge is 2.52. The number of rotatable bonds is 3. The highest BCUT2D eigenvalue weighted by molar-refractivity contribution is 6.10. The molecular weight excluding hydrogens is 354 g/mol. The van der Waals surface area contributed by atoms with E-state index in [4.69, 9.17) is 0 Å². The molecule has 1 N–H and O–H groups in total. The van der Waals surface area contributed by atoms with E-state index in [-0.39, 0.29) is 18.4 Å². The number of urea groups is 1. The number of benzene rings is 2. The number of nitrogens with one attached hydrogen (secondary N) is 1. The van der Waals surface area contributed by atoms with Gasteiger partial charge in [0.1, 0.15) is 12.1 Å². The summed E-state index contributed by atoms with van der Waals surface area (Å²) < 4.78 is 0. The Morgan fingerprint density at radius 1 is 1.14 bits per heavy atom. The van der Waals surface area contributed by atoms with Gasteiger partial charge < -0.3 is 10.2 Å². The fourth-order valence-corrected chi connectivity index (χ4v) is 4.18. The van der Waals surface area contributed by atoms with Gasteiger partial charge in [-0.3, -0.25) is 14.5 Å². The van der Waals surface area contributed by atoms with Crippen molar-refractivity contribution < 1.29 is 14.4 Å². The van der Waals surface area contributed by atoms with Crippen molar-refractivity contribution in [3.05, 3.63) is 42.5 Å². The zero-order valence-corrected chi connectivity index (χ0v) is 16.3. The van der Waals surface area contributed by atoms with E-state index in [1.54, 1.807) is 7.05 Å². The topological polar surface area (TPSA) is 69.7 Å². The Hall–Kier alpha value is -2.89. The summed E-state index contributed by atoms with van der Waals surface area (Å²) >= 11 is 0. The van der Waals surface area contributed by atoms with Crippen LogP contribution in [0.2, 0.25) is 0 Å². The van der Waals surface area contributed by atoms with Crippen molar-refractivity contribution in [2.45, 2.75) is 38.1 Å². The van der Waals surface area contributed by atoms with Crippen molar-refractivity contribution in [3.63, 3.8) is 0 Å². The first kappa shape index (κ1) is 18.5. The molecule has 2 aliphatic rings. The summed E-state index contributed by atoms with van der Waals surface area (Å²) in [5, 5.41) is 4.99. The van der Waals surface area contributed by atoms with E-state index in [1.165, 1.54) is 4.90 Å². The highest BCUT2D eigenvalue weighted by Crippen LogP contribution is 2.36. The summed E-state index contributed by atoms with van der Waals surface area (Å²) in [6.45, 7) is 1.92. The SMILES string of the molecule is CC1CCC2(CC1)NC(=O)N(CC(=O)N(C)c1ccc3ccccc3c1)C2=O. The summed E-state index contributed by atoms with van der Waals surface area (Å²) in [5.41, 5.74) is -0.0808.